The highest BCUT2D eigenvalue weighted by molar-refractivity contribution is 7.19. The van der Waals surface area contributed by atoms with Gasteiger partial charge in [-0.15, -0.1) is 23.7 Å². The van der Waals surface area contributed by atoms with Gasteiger partial charge in [-0.05, 0) is 29.8 Å². The van der Waals surface area contributed by atoms with Crippen molar-refractivity contribution >= 4 is 41.3 Å². The van der Waals surface area contributed by atoms with E-state index in [1.54, 1.807) is 24.3 Å². The molecule has 2 rings (SSSR count). The first-order chi connectivity index (χ1) is 7.16. The fraction of sp³-hybridized carbons (Fsp3) is 0. The predicted octanol–water partition coefficient (Wildman–Crippen LogP) is 4.19. The molecule has 1 aromatic heterocycles. The normalized spacial score (nSPS) is 9.56. The molecule has 0 saturated carbocycles. The lowest BCUT2D eigenvalue weighted by Crippen LogP contribution is -1.94. The van der Waals surface area contributed by atoms with Crippen molar-refractivity contribution in [1.29, 1.82) is 0 Å². The molecular formula is C11H8Cl2O2S. The van der Waals surface area contributed by atoms with Gasteiger partial charge in [-0.3, -0.25) is 0 Å². The van der Waals surface area contributed by atoms with Crippen molar-refractivity contribution in [2.45, 2.75) is 0 Å². The molecule has 0 radical (unpaired) electrons. The van der Waals surface area contributed by atoms with Crippen LogP contribution in [0.1, 0.15) is 10.4 Å². The number of aromatic carboxylic acids is 1. The fourth-order valence-corrected chi connectivity index (χ4v) is 2.30. The number of hydrogen-bond acceptors (Lipinski definition) is 2. The van der Waals surface area contributed by atoms with E-state index in [2.05, 4.69) is 0 Å². The van der Waals surface area contributed by atoms with Gasteiger partial charge in [-0.1, -0.05) is 23.7 Å². The third kappa shape index (κ3) is 2.76. The van der Waals surface area contributed by atoms with Crippen molar-refractivity contribution in [3.63, 3.8) is 0 Å². The van der Waals surface area contributed by atoms with Crippen LogP contribution >= 0.6 is 35.3 Å². The van der Waals surface area contributed by atoms with Crippen molar-refractivity contribution in [3.05, 3.63) is 46.3 Å². The lowest BCUT2D eigenvalue weighted by atomic mass is 10.1. The molecule has 16 heavy (non-hydrogen) atoms. The van der Waals surface area contributed by atoms with Crippen LogP contribution in [0.15, 0.2) is 36.4 Å². The first kappa shape index (κ1) is 13.0. The number of rotatable bonds is 2. The number of carboxylic acid groups (broad SMARTS) is 1. The van der Waals surface area contributed by atoms with Gasteiger partial charge in [0.25, 0.3) is 0 Å². The molecule has 0 amide bonds. The van der Waals surface area contributed by atoms with Gasteiger partial charge in [0.1, 0.15) is 0 Å². The minimum Gasteiger partial charge on any atom is -0.478 e. The zero-order chi connectivity index (χ0) is 10.8. The summed E-state index contributed by atoms with van der Waals surface area (Å²) in [6.45, 7) is 0. The maximum atomic E-state index is 10.6. The first-order valence-electron chi connectivity index (χ1n) is 4.26. The Morgan fingerprint density at radius 2 is 1.75 bits per heavy atom. The van der Waals surface area contributed by atoms with Crippen molar-refractivity contribution in [1.82, 2.24) is 0 Å². The molecule has 0 bridgehead atoms. The maximum absolute atomic E-state index is 10.6. The summed E-state index contributed by atoms with van der Waals surface area (Å²) < 4.78 is 0.729. The number of thiophene rings is 1. The third-order valence-electron chi connectivity index (χ3n) is 1.99. The average molecular weight is 275 g/mol. The standard InChI is InChI=1S/C11H7ClO2S.ClH/c12-10-6-5-9(15-10)7-1-3-8(4-2-7)11(13)14;/h1-6H,(H,13,14);1H. The van der Waals surface area contributed by atoms with Crippen LogP contribution in [0, 0.1) is 0 Å². The summed E-state index contributed by atoms with van der Waals surface area (Å²) in [5.41, 5.74) is 1.28. The molecule has 0 spiro atoms. The highest BCUT2D eigenvalue weighted by atomic mass is 35.5. The second-order valence-electron chi connectivity index (χ2n) is 2.99. The minimum atomic E-state index is -0.911. The van der Waals surface area contributed by atoms with Gasteiger partial charge in [0.15, 0.2) is 0 Å². The lowest BCUT2D eigenvalue weighted by molar-refractivity contribution is 0.0697. The Labute approximate surface area is 108 Å². The highest BCUT2D eigenvalue weighted by Crippen LogP contribution is 2.30. The van der Waals surface area contributed by atoms with Crippen molar-refractivity contribution in [3.8, 4) is 10.4 Å². The van der Waals surface area contributed by atoms with E-state index in [0.29, 0.717) is 5.56 Å². The van der Waals surface area contributed by atoms with E-state index in [1.807, 2.05) is 12.1 Å². The molecule has 0 unspecified atom stereocenters. The van der Waals surface area contributed by atoms with Gasteiger partial charge in [-0.2, -0.15) is 0 Å². The topological polar surface area (TPSA) is 37.3 Å². The van der Waals surface area contributed by atoms with E-state index >= 15 is 0 Å². The molecule has 1 heterocycles. The van der Waals surface area contributed by atoms with Crippen LogP contribution in [0.3, 0.4) is 0 Å². The van der Waals surface area contributed by atoms with Gasteiger partial charge >= 0.3 is 5.97 Å². The van der Waals surface area contributed by atoms with Crippen LogP contribution in [-0.2, 0) is 0 Å². The van der Waals surface area contributed by atoms with E-state index in [4.69, 9.17) is 16.7 Å². The predicted molar refractivity (Wildman–Crippen MR) is 69.0 cm³/mol. The molecule has 5 heteroatoms. The molecule has 0 aliphatic heterocycles. The highest BCUT2D eigenvalue weighted by Gasteiger charge is 2.04. The van der Waals surface area contributed by atoms with Gasteiger partial charge in [0.05, 0.1) is 9.90 Å². The van der Waals surface area contributed by atoms with Crippen LogP contribution in [0.2, 0.25) is 4.34 Å². The Morgan fingerprint density at radius 1 is 1.12 bits per heavy atom. The summed E-state index contributed by atoms with van der Waals surface area (Å²) in [6, 6.07) is 10.5. The second kappa shape index (κ2) is 5.34. The van der Waals surface area contributed by atoms with Gasteiger partial charge < -0.3 is 5.11 Å². The number of carboxylic acids is 1. The van der Waals surface area contributed by atoms with E-state index in [1.165, 1.54) is 11.3 Å². The molecule has 0 aliphatic rings. The zero-order valence-corrected chi connectivity index (χ0v) is 10.4. The van der Waals surface area contributed by atoms with Crippen LogP contribution in [-0.4, -0.2) is 11.1 Å². The monoisotopic (exact) mass is 274 g/mol. The minimum absolute atomic E-state index is 0. The quantitative estimate of drug-likeness (QED) is 0.892. The Hall–Kier alpha value is -1.03. The van der Waals surface area contributed by atoms with Gasteiger partial charge in [-0.25, -0.2) is 4.79 Å². The number of hydrogen-bond donors (Lipinski definition) is 1. The maximum Gasteiger partial charge on any atom is 0.335 e. The lowest BCUT2D eigenvalue weighted by Gasteiger charge is -1.97. The van der Waals surface area contributed by atoms with E-state index in [0.717, 1.165) is 14.8 Å². The Balaban J connectivity index is 0.00000128. The fourth-order valence-electron chi connectivity index (χ4n) is 1.25. The Morgan fingerprint density at radius 3 is 2.19 bits per heavy atom. The van der Waals surface area contributed by atoms with Crippen molar-refractivity contribution in [2.75, 3.05) is 0 Å². The summed E-state index contributed by atoms with van der Waals surface area (Å²) >= 11 is 7.29. The van der Waals surface area contributed by atoms with Crippen LogP contribution < -0.4 is 0 Å². The number of halogens is 2. The number of benzene rings is 1. The van der Waals surface area contributed by atoms with Crippen molar-refractivity contribution < 1.29 is 9.90 Å². The van der Waals surface area contributed by atoms with Crippen LogP contribution in [0.5, 0.6) is 0 Å². The molecule has 1 N–H and O–H groups in total. The SMILES string of the molecule is Cl.O=C(O)c1ccc(-c2ccc(Cl)s2)cc1. The second-order valence-corrected chi connectivity index (χ2v) is 4.70. The number of carbonyl (C=O) groups is 1. The Bertz CT molecular complexity index is 491. The third-order valence-corrected chi connectivity index (χ3v) is 3.27. The summed E-state index contributed by atoms with van der Waals surface area (Å²) in [6.07, 6.45) is 0. The average Bonchev–Trinajstić information content (AvgIpc) is 2.65. The molecule has 0 atom stereocenters. The van der Waals surface area contributed by atoms with Crippen LogP contribution in [0.4, 0.5) is 0 Å². The summed E-state index contributed by atoms with van der Waals surface area (Å²) in [5.74, 6) is -0.911. The summed E-state index contributed by atoms with van der Waals surface area (Å²) in [4.78, 5) is 11.7. The smallest absolute Gasteiger partial charge is 0.335 e. The van der Waals surface area contributed by atoms with E-state index < -0.39 is 5.97 Å². The zero-order valence-electron chi connectivity index (χ0n) is 8.01. The molecule has 0 saturated heterocycles. The summed E-state index contributed by atoms with van der Waals surface area (Å²) in [7, 11) is 0. The van der Waals surface area contributed by atoms with Crippen LogP contribution in [0.25, 0.3) is 10.4 Å². The van der Waals surface area contributed by atoms with Gasteiger partial charge in [0.2, 0.25) is 0 Å². The Kier molecular flexibility index (Phi) is 4.35. The molecule has 1 aromatic carbocycles. The molecule has 0 aliphatic carbocycles. The van der Waals surface area contributed by atoms with E-state index in [-0.39, 0.29) is 12.4 Å². The van der Waals surface area contributed by atoms with Crippen molar-refractivity contribution in [2.24, 2.45) is 0 Å². The molecule has 2 aromatic rings. The molecule has 2 nitrogen and oxygen atoms in total. The summed E-state index contributed by atoms with van der Waals surface area (Å²) in [5, 5.41) is 8.73. The molecule has 0 fully saturated rings. The van der Waals surface area contributed by atoms with Gasteiger partial charge in [0, 0.05) is 4.88 Å². The molecular weight excluding hydrogens is 267 g/mol. The largest absolute Gasteiger partial charge is 0.478 e. The molecule has 84 valence electrons. The first-order valence-corrected chi connectivity index (χ1v) is 5.45. The van der Waals surface area contributed by atoms with E-state index in [9.17, 15) is 4.79 Å².